The predicted octanol–water partition coefficient (Wildman–Crippen LogP) is 3.77. The monoisotopic (exact) mass is 318 g/mol. The van der Waals surface area contributed by atoms with Gasteiger partial charge in [-0.15, -0.1) is 0 Å². The van der Waals surface area contributed by atoms with E-state index in [-0.39, 0.29) is 11.8 Å². The number of rotatable bonds is 3. The van der Waals surface area contributed by atoms with E-state index in [9.17, 15) is 4.79 Å². The molecule has 0 aliphatic carbocycles. The molecule has 0 saturated carbocycles. The number of nitrogen functional groups attached to an aromatic ring is 1. The molecular weight excluding hydrogens is 304 g/mol. The average molecular weight is 319 g/mol. The zero-order valence-corrected chi connectivity index (χ0v) is 12.1. The fourth-order valence-electron chi connectivity index (χ4n) is 1.76. The lowest BCUT2D eigenvalue weighted by atomic mass is 10.00. The molecule has 0 heterocycles. The van der Waals surface area contributed by atoms with E-state index in [0.29, 0.717) is 5.69 Å². The van der Waals surface area contributed by atoms with Gasteiger partial charge in [0.1, 0.15) is 0 Å². The molecule has 2 rings (SSSR count). The van der Waals surface area contributed by atoms with Crippen LogP contribution in [0.25, 0.3) is 0 Å². The molecule has 0 aliphatic heterocycles. The summed E-state index contributed by atoms with van der Waals surface area (Å²) in [4.78, 5) is 12.1. The molecule has 2 aromatic carbocycles. The first-order chi connectivity index (χ1) is 9.06. The summed E-state index contributed by atoms with van der Waals surface area (Å²) in [7, 11) is 0. The third kappa shape index (κ3) is 3.58. The smallest absolute Gasteiger partial charge is 0.231 e. The molecule has 0 fully saturated rings. The standard InChI is InChI=1S/C15H15BrN2O/c1-10(11-3-2-4-13(17)9-11)15(19)18-14-7-5-12(16)6-8-14/h2-10H,17H2,1H3,(H,18,19). The van der Waals surface area contributed by atoms with Crippen LogP contribution in [0.15, 0.2) is 53.0 Å². The van der Waals surface area contributed by atoms with E-state index in [1.165, 1.54) is 0 Å². The topological polar surface area (TPSA) is 55.1 Å². The third-order valence-electron chi connectivity index (χ3n) is 2.92. The first-order valence-electron chi connectivity index (χ1n) is 5.98. The normalized spacial score (nSPS) is 11.9. The van der Waals surface area contributed by atoms with Crippen molar-refractivity contribution in [1.82, 2.24) is 0 Å². The van der Waals surface area contributed by atoms with Crippen molar-refractivity contribution in [1.29, 1.82) is 0 Å². The van der Waals surface area contributed by atoms with Gasteiger partial charge in [-0.1, -0.05) is 28.1 Å². The van der Waals surface area contributed by atoms with E-state index in [4.69, 9.17) is 5.73 Å². The van der Waals surface area contributed by atoms with Gasteiger partial charge in [-0.05, 0) is 48.9 Å². The second-order valence-corrected chi connectivity index (χ2v) is 5.30. The van der Waals surface area contributed by atoms with Crippen LogP contribution < -0.4 is 11.1 Å². The summed E-state index contributed by atoms with van der Waals surface area (Å²) < 4.78 is 0.981. The summed E-state index contributed by atoms with van der Waals surface area (Å²) >= 11 is 3.36. The highest BCUT2D eigenvalue weighted by Gasteiger charge is 2.15. The highest BCUT2D eigenvalue weighted by molar-refractivity contribution is 9.10. The first-order valence-corrected chi connectivity index (χ1v) is 6.77. The van der Waals surface area contributed by atoms with Crippen molar-refractivity contribution in [2.75, 3.05) is 11.1 Å². The fourth-order valence-corrected chi connectivity index (χ4v) is 2.03. The van der Waals surface area contributed by atoms with Crippen LogP contribution in [0.3, 0.4) is 0 Å². The molecule has 1 atom stereocenters. The first kappa shape index (κ1) is 13.6. The molecule has 3 nitrogen and oxygen atoms in total. The number of hydrogen-bond donors (Lipinski definition) is 2. The zero-order chi connectivity index (χ0) is 13.8. The van der Waals surface area contributed by atoms with Crippen LogP contribution >= 0.6 is 15.9 Å². The minimum Gasteiger partial charge on any atom is -0.399 e. The van der Waals surface area contributed by atoms with E-state index < -0.39 is 0 Å². The second-order valence-electron chi connectivity index (χ2n) is 4.39. The molecular formula is C15H15BrN2O. The lowest BCUT2D eigenvalue weighted by Crippen LogP contribution is -2.18. The van der Waals surface area contributed by atoms with Crippen LogP contribution in [0.2, 0.25) is 0 Å². The lowest BCUT2D eigenvalue weighted by molar-refractivity contribution is -0.117. The van der Waals surface area contributed by atoms with Crippen LogP contribution in [0.1, 0.15) is 18.4 Å². The highest BCUT2D eigenvalue weighted by Crippen LogP contribution is 2.20. The van der Waals surface area contributed by atoms with Gasteiger partial charge in [0.25, 0.3) is 0 Å². The average Bonchev–Trinajstić information content (AvgIpc) is 2.40. The van der Waals surface area contributed by atoms with Crippen LogP contribution in [-0.2, 0) is 4.79 Å². The zero-order valence-electron chi connectivity index (χ0n) is 10.6. The molecule has 19 heavy (non-hydrogen) atoms. The van der Waals surface area contributed by atoms with E-state index in [1.807, 2.05) is 55.5 Å². The van der Waals surface area contributed by atoms with Crippen molar-refractivity contribution >= 4 is 33.2 Å². The van der Waals surface area contributed by atoms with Crippen LogP contribution in [0.4, 0.5) is 11.4 Å². The number of nitrogens with one attached hydrogen (secondary N) is 1. The third-order valence-corrected chi connectivity index (χ3v) is 3.44. The number of nitrogens with two attached hydrogens (primary N) is 1. The summed E-state index contributed by atoms with van der Waals surface area (Å²) in [6, 6.07) is 14.9. The van der Waals surface area contributed by atoms with E-state index >= 15 is 0 Å². The quantitative estimate of drug-likeness (QED) is 0.846. The Kier molecular flexibility index (Phi) is 4.22. The minimum atomic E-state index is -0.243. The molecule has 3 N–H and O–H groups in total. The van der Waals surface area contributed by atoms with Gasteiger partial charge in [-0.25, -0.2) is 0 Å². The van der Waals surface area contributed by atoms with Crippen molar-refractivity contribution < 1.29 is 4.79 Å². The molecule has 4 heteroatoms. The minimum absolute atomic E-state index is 0.0482. The second kappa shape index (κ2) is 5.89. The summed E-state index contributed by atoms with van der Waals surface area (Å²) in [5, 5.41) is 2.89. The van der Waals surface area contributed by atoms with Crippen molar-refractivity contribution in [3.05, 3.63) is 58.6 Å². The Morgan fingerprint density at radius 2 is 1.89 bits per heavy atom. The molecule has 98 valence electrons. The van der Waals surface area contributed by atoms with Gasteiger partial charge in [0, 0.05) is 15.8 Å². The SMILES string of the molecule is CC(C(=O)Nc1ccc(Br)cc1)c1cccc(N)c1. The Hall–Kier alpha value is -1.81. The Morgan fingerprint density at radius 1 is 1.21 bits per heavy atom. The molecule has 0 aliphatic rings. The predicted molar refractivity (Wildman–Crippen MR) is 82.0 cm³/mol. The number of halogens is 1. The summed E-state index contributed by atoms with van der Waals surface area (Å²) in [5.74, 6) is -0.292. The van der Waals surface area contributed by atoms with Crippen molar-refractivity contribution in [2.45, 2.75) is 12.8 Å². The fraction of sp³-hybridized carbons (Fsp3) is 0.133. The molecule has 0 saturated heterocycles. The van der Waals surface area contributed by atoms with Gasteiger partial charge in [0.15, 0.2) is 0 Å². The number of hydrogen-bond acceptors (Lipinski definition) is 2. The van der Waals surface area contributed by atoms with Crippen LogP contribution in [0, 0.1) is 0 Å². The van der Waals surface area contributed by atoms with Crippen molar-refractivity contribution in [3.8, 4) is 0 Å². The van der Waals surface area contributed by atoms with Gasteiger partial charge < -0.3 is 11.1 Å². The Labute approximate surface area is 121 Å². The Morgan fingerprint density at radius 3 is 2.53 bits per heavy atom. The number of anilines is 2. The van der Waals surface area contributed by atoms with Crippen molar-refractivity contribution in [3.63, 3.8) is 0 Å². The van der Waals surface area contributed by atoms with E-state index in [0.717, 1.165) is 15.7 Å². The van der Waals surface area contributed by atoms with E-state index in [1.54, 1.807) is 0 Å². The molecule has 0 radical (unpaired) electrons. The Balaban J connectivity index is 2.09. The van der Waals surface area contributed by atoms with Gasteiger partial charge in [0.05, 0.1) is 5.92 Å². The summed E-state index contributed by atoms with van der Waals surface area (Å²) in [6.07, 6.45) is 0. The molecule has 1 amide bonds. The highest BCUT2D eigenvalue weighted by atomic mass is 79.9. The molecule has 0 bridgehead atoms. The van der Waals surface area contributed by atoms with E-state index in [2.05, 4.69) is 21.2 Å². The number of carbonyl (C=O) groups excluding carboxylic acids is 1. The molecule has 0 aromatic heterocycles. The Bertz CT molecular complexity index is 581. The largest absolute Gasteiger partial charge is 0.399 e. The van der Waals surface area contributed by atoms with Gasteiger partial charge in [-0.2, -0.15) is 0 Å². The maximum atomic E-state index is 12.1. The van der Waals surface area contributed by atoms with Gasteiger partial charge in [0.2, 0.25) is 5.91 Å². The van der Waals surface area contributed by atoms with Crippen LogP contribution in [0.5, 0.6) is 0 Å². The summed E-state index contributed by atoms with van der Waals surface area (Å²) in [6.45, 7) is 1.86. The molecule has 0 spiro atoms. The van der Waals surface area contributed by atoms with Gasteiger partial charge >= 0.3 is 0 Å². The number of benzene rings is 2. The number of carbonyl (C=O) groups is 1. The van der Waals surface area contributed by atoms with Crippen LogP contribution in [-0.4, -0.2) is 5.91 Å². The molecule has 1 unspecified atom stereocenters. The maximum Gasteiger partial charge on any atom is 0.231 e. The lowest BCUT2D eigenvalue weighted by Gasteiger charge is -2.13. The maximum absolute atomic E-state index is 12.1. The van der Waals surface area contributed by atoms with Crippen molar-refractivity contribution in [2.24, 2.45) is 0 Å². The molecule has 2 aromatic rings. The summed E-state index contributed by atoms with van der Waals surface area (Å²) in [5.41, 5.74) is 8.09. The van der Waals surface area contributed by atoms with Gasteiger partial charge in [-0.3, -0.25) is 4.79 Å². The number of amides is 1.